The molecule has 3 fully saturated rings. The van der Waals surface area contributed by atoms with Crippen molar-refractivity contribution < 1.29 is 9.53 Å². The van der Waals surface area contributed by atoms with Crippen molar-refractivity contribution in [1.29, 1.82) is 0 Å². The molecular weight excluding hydrogens is 364 g/mol. The summed E-state index contributed by atoms with van der Waals surface area (Å²) in [5.74, 6) is 0.252. The number of anilines is 1. The molecule has 29 heavy (non-hydrogen) atoms. The zero-order chi connectivity index (χ0) is 19.9. The van der Waals surface area contributed by atoms with Gasteiger partial charge in [-0.1, -0.05) is 18.2 Å². The van der Waals surface area contributed by atoms with E-state index in [0.29, 0.717) is 0 Å². The summed E-state index contributed by atoms with van der Waals surface area (Å²) in [5, 5.41) is 3.24. The Morgan fingerprint density at radius 2 is 1.69 bits per heavy atom. The van der Waals surface area contributed by atoms with E-state index in [-0.39, 0.29) is 11.4 Å². The Morgan fingerprint density at radius 3 is 2.34 bits per heavy atom. The highest BCUT2D eigenvalue weighted by Gasteiger charge is 2.48. The van der Waals surface area contributed by atoms with Crippen molar-refractivity contribution in [3.8, 4) is 0 Å². The molecule has 1 N–H and O–H groups in total. The summed E-state index contributed by atoms with van der Waals surface area (Å²) in [5.41, 5.74) is 1.09. The highest BCUT2D eigenvalue weighted by Crippen LogP contribution is 2.38. The molecule has 1 saturated carbocycles. The second-order valence-electron chi connectivity index (χ2n) is 8.61. The number of morpholine rings is 1. The molecule has 2 saturated heterocycles. The maximum Gasteiger partial charge on any atom is 0.240 e. The predicted octanol–water partition coefficient (Wildman–Crippen LogP) is 1.96. The van der Waals surface area contributed by atoms with Gasteiger partial charge in [0, 0.05) is 51.5 Å². The number of hydrogen-bond acceptors (Lipinski definition) is 5. The Bertz CT molecular complexity index is 636. The van der Waals surface area contributed by atoms with Gasteiger partial charge < -0.3 is 15.0 Å². The molecule has 6 nitrogen and oxygen atoms in total. The molecule has 1 aromatic carbocycles. The third kappa shape index (κ3) is 4.93. The number of amides is 1. The van der Waals surface area contributed by atoms with E-state index in [1.54, 1.807) is 0 Å². The summed E-state index contributed by atoms with van der Waals surface area (Å²) in [6.45, 7) is 9.68. The summed E-state index contributed by atoms with van der Waals surface area (Å²) in [7, 11) is 0. The summed E-state index contributed by atoms with van der Waals surface area (Å²) >= 11 is 0. The van der Waals surface area contributed by atoms with Crippen LogP contribution in [0.15, 0.2) is 30.3 Å². The molecule has 160 valence electrons. The number of benzene rings is 1. The van der Waals surface area contributed by atoms with Crippen LogP contribution in [0.4, 0.5) is 5.69 Å². The van der Waals surface area contributed by atoms with Crippen LogP contribution in [-0.4, -0.2) is 86.8 Å². The fourth-order valence-electron chi connectivity index (χ4n) is 4.89. The second-order valence-corrected chi connectivity index (χ2v) is 8.61. The first-order valence-electron chi connectivity index (χ1n) is 11.4. The number of para-hydroxylation sites is 1. The normalized spacial score (nSPS) is 22.8. The van der Waals surface area contributed by atoms with Crippen LogP contribution in [0.5, 0.6) is 0 Å². The Morgan fingerprint density at radius 1 is 0.966 bits per heavy atom. The summed E-state index contributed by atoms with van der Waals surface area (Å²) in [6, 6.07) is 10.7. The first kappa shape index (κ1) is 20.6. The lowest BCUT2D eigenvalue weighted by atomic mass is 9.74. The smallest absolute Gasteiger partial charge is 0.240 e. The number of nitrogens with zero attached hydrogens (tertiary/aromatic N) is 3. The monoisotopic (exact) mass is 400 g/mol. The predicted molar refractivity (Wildman–Crippen MR) is 116 cm³/mol. The first-order valence-corrected chi connectivity index (χ1v) is 11.4. The lowest BCUT2D eigenvalue weighted by molar-refractivity contribution is -0.144. The van der Waals surface area contributed by atoms with Crippen LogP contribution < -0.4 is 10.2 Å². The number of nitrogens with one attached hydrogen (secondary N) is 1. The molecule has 1 aliphatic carbocycles. The van der Waals surface area contributed by atoms with E-state index in [4.69, 9.17) is 4.74 Å². The van der Waals surface area contributed by atoms with E-state index >= 15 is 0 Å². The topological polar surface area (TPSA) is 48.1 Å². The molecule has 1 amide bonds. The van der Waals surface area contributed by atoms with Crippen LogP contribution in [0.25, 0.3) is 0 Å². The largest absolute Gasteiger partial charge is 0.379 e. The van der Waals surface area contributed by atoms with E-state index in [1.165, 1.54) is 12.1 Å². The van der Waals surface area contributed by atoms with Crippen molar-refractivity contribution in [3.05, 3.63) is 30.3 Å². The van der Waals surface area contributed by atoms with Crippen LogP contribution in [0, 0.1) is 0 Å². The van der Waals surface area contributed by atoms with Gasteiger partial charge in [-0.2, -0.15) is 0 Å². The summed E-state index contributed by atoms with van der Waals surface area (Å²) in [4.78, 5) is 20.3. The number of carbonyl (C=O) groups excluding carboxylic acids is 1. The van der Waals surface area contributed by atoms with Gasteiger partial charge in [-0.25, -0.2) is 0 Å². The Hall–Kier alpha value is -1.63. The standard InChI is InChI=1S/C23H36N4O2/c28-22(23(9-6-10-23)27-17-19-29-20-18-27)24-11-4-5-12-25-13-15-26(16-14-25)21-7-2-1-3-8-21/h1-3,7-8H,4-6,9-20H2,(H,24,28). The summed E-state index contributed by atoms with van der Waals surface area (Å²) in [6.07, 6.45) is 5.38. The minimum atomic E-state index is -0.239. The molecule has 2 heterocycles. The lowest BCUT2D eigenvalue weighted by Gasteiger charge is -2.50. The van der Waals surface area contributed by atoms with E-state index < -0.39 is 0 Å². The van der Waals surface area contributed by atoms with Gasteiger partial charge in [-0.3, -0.25) is 14.6 Å². The van der Waals surface area contributed by atoms with Crippen LogP contribution in [0.3, 0.4) is 0 Å². The van der Waals surface area contributed by atoms with E-state index in [9.17, 15) is 4.79 Å². The molecule has 0 spiro atoms. The van der Waals surface area contributed by atoms with Crippen molar-refractivity contribution in [2.75, 3.05) is 70.5 Å². The number of ether oxygens (including phenoxy) is 1. The molecule has 3 aliphatic rings. The van der Waals surface area contributed by atoms with Crippen molar-refractivity contribution in [2.24, 2.45) is 0 Å². The van der Waals surface area contributed by atoms with Crippen LogP contribution in [0.2, 0.25) is 0 Å². The number of carbonyl (C=O) groups is 1. The lowest BCUT2D eigenvalue weighted by Crippen LogP contribution is -2.65. The molecule has 0 unspecified atom stereocenters. The zero-order valence-corrected chi connectivity index (χ0v) is 17.7. The van der Waals surface area contributed by atoms with Gasteiger partial charge in [0.2, 0.25) is 5.91 Å². The minimum Gasteiger partial charge on any atom is -0.379 e. The average molecular weight is 401 g/mol. The van der Waals surface area contributed by atoms with Crippen LogP contribution in [0.1, 0.15) is 32.1 Å². The highest BCUT2D eigenvalue weighted by molar-refractivity contribution is 5.87. The molecule has 1 aromatic rings. The Kier molecular flexibility index (Phi) is 7.06. The third-order valence-electron chi connectivity index (χ3n) is 6.90. The van der Waals surface area contributed by atoms with Gasteiger partial charge in [-0.05, 0) is 50.8 Å². The van der Waals surface area contributed by atoms with Gasteiger partial charge in [0.05, 0.1) is 13.2 Å². The Labute approximate surface area is 175 Å². The fraction of sp³-hybridized carbons (Fsp3) is 0.696. The molecule has 0 bridgehead atoms. The molecule has 0 radical (unpaired) electrons. The average Bonchev–Trinajstić information content (AvgIpc) is 2.75. The SMILES string of the molecule is O=C(NCCCCN1CCN(c2ccccc2)CC1)C1(N2CCOCC2)CCC1. The summed E-state index contributed by atoms with van der Waals surface area (Å²) < 4.78 is 5.46. The molecule has 2 aliphatic heterocycles. The van der Waals surface area contributed by atoms with Crippen molar-refractivity contribution in [1.82, 2.24) is 15.1 Å². The van der Waals surface area contributed by atoms with Gasteiger partial charge in [0.15, 0.2) is 0 Å². The molecular formula is C23H36N4O2. The quantitative estimate of drug-likeness (QED) is 0.676. The Balaban J connectivity index is 1.11. The number of piperazine rings is 1. The molecule has 0 aromatic heterocycles. The van der Waals surface area contributed by atoms with Crippen molar-refractivity contribution in [2.45, 2.75) is 37.6 Å². The molecule has 0 atom stereocenters. The minimum absolute atomic E-state index is 0.239. The van der Waals surface area contributed by atoms with E-state index in [0.717, 1.165) is 91.3 Å². The number of rotatable bonds is 8. The van der Waals surface area contributed by atoms with E-state index in [1.807, 2.05) is 0 Å². The van der Waals surface area contributed by atoms with Crippen LogP contribution in [-0.2, 0) is 9.53 Å². The van der Waals surface area contributed by atoms with Crippen molar-refractivity contribution >= 4 is 11.6 Å². The highest BCUT2D eigenvalue weighted by atomic mass is 16.5. The van der Waals surface area contributed by atoms with Crippen molar-refractivity contribution in [3.63, 3.8) is 0 Å². The number of unbranched alkanes of at least 4 members (excludes halogenated alkanes) is 1. The van der Waals surface area contributed by atoms with Gasteiger partial charge in [0.1, 0.15) is 5.54 Å². The first-order chi connectivity index (χ1) is 14.3. The number of hydrogen-bond donors (Lipinski definition) is 1. The van der Waals surface area contributed by atoms with Gasteiger partial charge in [-0.15, -0.1) is 0 Å². The molecule has 4 rings (SSSR count). The van der Waals surface area contributed by atoms with E-state index in [2.05, 4.69) is 50.3 Å². The van der Waals surface area contributed by atoms with Gasteiger partial charge in [0.25, 0.3) is 0 Å². The maximum atomic E-state index is 12.9. The second kappa shape index (κ2) is 9.92. The fourth-order valence-corrected chi connectivity index (χ4v) is 4.89. The van der Waals surface area contributed by atoms with Crippen LogP contribution >= 0.6 is 0 Å². The maximum absolute atomic E-state index is 12.9. The zero-order valence-electron chi connectivity index (χ0n) is 17.7. The van der Waals surface area contributed by atoms with Gasteiger partial charge >= 0.3 is 0 Å². The molecule has 6 heteroatoms. The third-order valence-corrected chi connectivity index (χ3v) is 6.90.